The van der Waals surface area contributed by atoms with Gasteiger partial charge in [-0.2, -0.15) is 0 Å². The Morgan fingerprint density at radius 2 is 1.81 bits per heavy atom. The van der Waals surface area contributed by atoms with Crippen molar-refractivity contribution in [3.05, 3.63) is 64.7 Å². The van der Waals surface area contributed by atoms with Gasteiger partial charge in [0.15, 0.2) is 0 Å². The molecule has 0 radical (unpaired) electrons. The number of rotatable bonds is 9. The molecular weight excluding hydrogens is 418 g/mol. The SMILES string of the molecule is COc1ccc(Cl)c(CC[C@@H](CC(=O)OC(C)(C)C)NC(=O)OCc2ccccc2)c1. The Labute approximate surface area is 188 Å². The molecule has 6 nitrogen and oxygen atoms in total. The highest BCUT2D eigenvalue weighted by Gasteiger charge is 2.22. The molecule has 0 bridgehead atoms. The normalized spacial score (nSPS) is 12.0. The summed E-state index contributed by atoms with van der Waals surface area (Å²) in [5.74, 6) is 0.302. The van der Waals surface area contributed by atoms with Crippen molar-refractivity contribution in [2.45, 2.75) is 58.3 Å². The monoisotopic (exact) mass is 447 g/mol. The van der Waals surface area contributed by atoms with E-state index in [0.717, 1.165) is 11.1 Å². The molecule has 0 aliphatic rings. The van der Waals surface area contributed by atoms with E-state index in [-0.39, 0.29) is 13.0 Å². The number of nitrogens with one attached hydrogen (secondary N) is 1. The summed E-state index contributed by atoms with van der Waals surface area (Å²) in [5.41, 5.74) is 1.14. The van der Waals surface area contributed by atoms with Crippen LogP contribution in [0.5, 0.6) is 5.75 Å². The lowest BCUT2D eigenvalue weighted by atomic mass is 10.0. The van der Waals surface area contributed by atoms with Gasteiger partial charge in [-0.15, -0.1) is 0 Å². The lowest BCUT2D eigenvalue weighted by Crippen LogP contribution is -2.38. The lowest BCUT2D eigenvalue weighted by Gasteiger charge is -2.23. The molecule has 2 aromatic rings. The summed E-state index contributed by atoms with van der Waals surface area (Å²) in [5, 5.41) is 3.39. The molecule has 0 unspecified atom stereocenters. The quantitative estimate of drug-likeness (QED) is 0.527. The Kier molecular flexibility index (Phi) is 9.19. The van der Waals surface area contributed by atoms with Crippen molar-refractivity contribution in [2.24, 2.45) is 0 Å². The lowest BCUT2D eigenvalue weighted by molar-refractivity contribution is -0.155. The second-order valence-electron chi connectivity index (χ2n) is 8.19. The maximum atomic E-state index is 12.3. The first kappa shape index (κ1) is 24.5. The number of aryl methyl sites for hydroxylation is 1. The molecule has 0 heterocycles. The molecule has 0 aliphatic carbocycles. The van der Waals surface area contributed by atoms with Crippen molar-refractivity contribution in [1.29, 1.82) is 0 Å². The molecule has 0 spiro atoms. The smallest absolute Gasteiger partial charge is 0.407 e. The summed E-state index contributed by atoms with van der Waals surface area (Å²) in [7, 11) is 1.59. The number of hydrogen-bond acceptors (Lipinski definition) is 5. The fourth-order valence-electron chi connectivity index (χ4n) is 2.94. The molecule has 7 heteroatoms. The zero-order valence-corrected chi connectivity index (χ0v) is 19.2. The zero-order valence-electron chi connectivity index (χ0n) is 18.4. The third-order valence-corrected chi connectivity index (χ3v) is 4.75. The molecular formula is C24H30ClNO5. The number of alkyl carbamates (subject to hydrolysis) is 1. The van der Waals surface area contributed by atoms with Gasteiger partial charge in [-0.25, -0.2) is 4.79 Å². The van der Waals surface area contributed by atoms with Gasteiger partial charge in [-0.3, -0.25) is 4.79 Å². The van der Waals surface area contributed by atoms with E-state index in [1.165, 1.54) is 0 Å². The number of methoxy groups -OCH3 is 1. The number of carbonyl (C=O) groups excluding carboxylic acids is 2. The molecule has 0 aliphatic heterocycles. The summed E-state index contributed by atoms with van der Waals surface area (Å²) in [6.45, 7) is 5.56. The molecule has 2 rings (SSSR count). The van der Waals surface area contributed by atoms with E-state index >= 15 is 0 Å². The first-order chi connectivity index (χ1) is 14.7. The van der Waals surface area contributed by atoms with Crippen LogP contribution in [-0.4, -0.2) is 30.8 Å². The first-order valence-electron chi connectivity index (χ1n) is 10.2. The van der Waals surface area contributed by atoms with Crippen molar-refractivity contribution in [3.63, 3.8) is 0 Å². The summed E-state index contributed by atoms with van der Waals surface area (Å²) in [6, 6.07) is 14.3. The van der Waals surface area contributed by atoms with Gasteiger partial charge < -0.3 is 19.5 Å². The topological polar surface area (TPSA) is 73.9 Å². The van der Waals surface area contributed by atoms with Gasteiger partial charge in [0.05, 0.1) is 13.5 Å². The predicted molar refractivity (Wildman–Crippen MR) is 120 cm³/mol. The molecule has 1 amide bonds. The maximum absolute atomic E-state index is 12.3. The average Bonchev–Trinajstić information content (AvgIpc) is 2.71. The molecule has 0 saturated heterocycles. The van der Waals surface area contributed by atoms with E-state index in [2.05, 4.69) is 5.32 Å². The molecule has 31 heavy (non-hydrogen) atoms. The average molecular weight is 448 g/mol. The molecule has 0 fully saturated rings. The van der Waals surface area contributed by atoms with Crippen LogP contribution >= 0.6 is 11.6 Å². The van der Waals surface area contributed by atoms with Crippen LogP contribution in [0.15, 0.2) is 48.5 Å². The van der Waals surface area contributed by atoms with E-state index < -0.39 is 23.7 Å². The van der Waals surface area contributed by atoms with Gasteiger partial charge in [-0.1, -0.05) is 41.9 Å². The Hall–Kier alpha value is -2.73. The minimum Gasteiger partial charge on any atom is -0.497 e. The summed E-state index contributed by atoms with van der Waals surface area (Å²) in [6.07, 6.45) is 0.461. The van der Waals surface area contributed by atoms with Crippen molar-refractivity contribution in [3.8, 4) is 5.75 Å². The highest BCUT2D eigenvalue weighted by Crippen LogP contribution is 2.24. The second-order valence-corrected chi connectivity index (χ2v) is 8.60. The van der Waals surface area contributed by atoms with Crippen LogP contribution in [0.2, 0.25) is 5.02 Å². The summed E-state index contributed by atoms with van der Waals surface area (Å²) in [4.78, 5) is 24.7. The van der Waals surface area contributed by atoms with Crippen LogP contribution < -0.4 is 10.1 Å². The molecule has 0 aromatic heterocycles. The van der Waals surface area contributed by atoms with Gasteiger partial charge in [0.25, 0.3) is 0 Å². The molecule has 168 valence electrons. The fraction of sp³-hybridized carbons (Fsp3) is 0.417. The Balaban J connectivity index is 2.01. The van der Waals surface area contributed by atoms with Crippen LogP contribution in [0.4, 0.5) is 4.79 Å². The van der Waals surface area contributed by atoms with Gasteiger partial charge in [0.1, 0.15) is 18.0 Å². The van der Waals surface area contributed by atoms with Crippen molar-refractivity contribution >= 4 is 23.7 Å². The standard InChI is InChI=1S/C24H30ClNO5/c1-24(2,3)31-22(27)15-19(11-10-18-14-20(29-4)12-13-21(18)25)26-23(28)30-16-17-8-6-5-7-9-17/h5-9,12-14,19H,10-11,15-16H2,1-4H3,(H,26,28)/t19-/m0/s1. The first-order valence-corrected chi connectivity index (χ1v) is 10.6. The second kappa shape index (κ2) is 11.6. The predicted octanol–water partition coefficient (Wildman–Crippen LogP) is 5.31. The summed E-state index contributed by atoms with van der Waals surface area (Å²) >= 11 is 6.29. The van der Waals surface area contributed by atoms with Gasteiger partial charge in [0.2, 0.25) is 0 Å². The third-order valence-electron chi connectivity index (χ3n) is 4.38. The van der Waals surface area contributed by atoms with Crippen molar-refractivity contribution < 1.29 is 23.8 Å². The molecule has 2 aromatic carbocycles. The van der Waals surface area contributed by atoms with E-state index in [1.54, 1.807) is 40.0 Å². The fourth-order valence-corrected chi connectivity index (χ4v) is 3.15. The van der Waals surface area contributed by atoms with Gasteiger partial charge >= 0.3 is 12.1 Å². The largest absolute Gasteiger partial charge is 0.497 e. The van der Waals surface area contributed by atoms with Gasteiger partial charge in [-0.05, 0) is 62.9 Å². The van der Waals surface area contributed by atoms with E-state index in [0.29, 0.717) is 23.6 Å². The van der Waals surface area contributed by atoms with Crippen LogP contribution in [-0.2, 0) is 27.3 Å². The zero-order chi connectivity index (χ0) is 22.9. The van der Waals surface area contributed by atoms with E-state index in [4.69, 9.17) is 25.8 Å². The number of halogens is 1. The number of hydrogen-bond donors (Lipinski definition) is 1. The molecule has 1 N–H and O–H groups in total. The number of benzene rings is 2. The maximum Gasteiger partial charge on any atom is 0.407 e. The Bertz CT molecular complexity index is 864. The molecule has 0 saturated carbocycles. The Morgan fingerprint density at radius 3 is 2.45 bits per heavy atom. The number of amides is 1. The minimum absolute atomic E-state index is 0.0271. The highest BCUT2D eigenvalue weighted by molar-refractivity contribution is 6.31. The molecule has 1 atom stereocenters. The number of carbonyl (C=O) groups is 2. The number of ether oxygens (including phenoxy) is 3. The highest BCUT2D eigenvalue weighted by atomic mass is 35.5. The van der Waals surface area contributed by atoms with Gasteiger partial charge in [0, 0.05) is 11.1 Å². The van der Waals surface area contributed by atoms with Crippen molar-refractivity contribution in [2.75, 3.05) is 7.11 Å². The number of esters is 1. The van der Waals surface area contributed by atoms with Crippen LogP contribution in [0.1, 0.15) is 44.7 Å². The van der Waals surface area contributed by atoms with Crippen LogP contribution in [0, 0.1) is 0 Å². The Morgan fingerprint density at radius 1 is 1.10 bits per heavy atom. The summed E-state index contributed by atoms with van der Waals surface area (Å²) < 4.78 is 16.0. The van der Waals surface area contributed by atoms with Crippen molar-refractivity contribution in [1.82, 2.24) is 5.32 Å². The van der Waals surface area contributed by atoms with E-state index in [9.17, 15) is 9.59 Å². The third kappa shape index (κ3) is 9.30. The van der Waals surface area contributed by atoms with Crippen LogP contribution in [0.3, 0.4) is 0 Å². The van der Waals surface area contributed by atoms with E-state index in [1.807, 2.05) is 36.4 Å². The minimum atomic E-state index is -0.606. The van der Waals surface area contributed by atoms with Crippen LogP contribution in [0.25, 0.3) is 0 Å².